The highest BCUT2D eigenvalue weighted by Gasteiger charge is 2.38. The molecule has 0 amide bonds. The van der Waals surface area contributed by atoms with E-state index in [-0.39, 0.29) is 11.6 Å². The molecule has 0 fully saturated rings. The Morgan fingerprint density at radius 3 is 1.92 bits per heavy atom. The summed E-state index contributed by atoms with van der Waals surface area (Å²) in [7, 11) is 0. The van der Waals surface area contributed by atoms with Crippen molar-refractivity contribution in [1.29, 1.82) is 5.26 Å². The molecule has 0 saturated heterocycles. The molecule has 0 atom stereocenters. The maximum Gasteiger partial charge on any atom is 0.188 e. The van der Waals surface area contributed by atoms with Gasteiger partial charge in [0.2, 0.25) is 0 Å². The second-order valence-corrected chi connectivity index (χ2v) is 2.84. The molecule has 3 nitrogen and oxygen atoms in total. The molecule has 1 aromatic rings. The van der Waals surface area contributed by atoms with Gasteiger partial charge in [0.15, 0.2) is 17.5 Å². The topological polar surface area (TPSA) is 57.9 Å². The molecular weight excluding hydrogens is 166 g/mol. The quantitative estimate of drug-likeness (QED) is 0.551. The summed E-state index contributed by atoms with van der Waals surface area (Å²) in [6, 6.07) is 8.23. The Hall–Kier alpha value is -1.95. The van der Waals surface area contributed by atoms with Crippen LogP contribution in [0.3, 0.4) is 0 Å². The number of rotatable bonds is 0. The number of nitriles is 1. The monoisotopic (exact) mass is 171 g/mol. The first-order valence-electron chi connectivity index (χ1n) is 3.83. The molecule has 1 aliphatic carbocycles. The van der Waals surface area contributed by atoms with E-state index in [9.17, 15) is 9.59 Å². The first-order valence-corrected chi connectivity index (χ1v) is 3.83. The predicted octanol–water partition coefficient (Wildman–Crippen LogP) is 1.21. The summed E-state index contributed by atoms with van der Waals surface area (Å²) < 4.78 is 0. The van der Waals surface area contributed by atoms with Crippen LogP contribution in [0.4, 0.5) is 0 Å². The van der Waals surface area contributed by atoms with Gasteiger partial charge in [0.25, 0.3) is 0 Å². The molecule has 0 spiro atoms. The van der Waals surface area contributed by atoms with Crippen molar-refractivity contribution in [3.05, 3.63) is 35.4 Å². The van der Waals surface area contributed by atoms with Gasteiger partial charge in [-0.1, -0.05) is 24.3 Å². The molecule has 0 N–H and O–H groups in total. The molecule has 13 heavy (non-hydrogen) atoms. The number of nitrogens with zero attached hydrogens (tertiary/aromatic N) is 1. The zero-order valence-electron chi connectivity index (χ0n) is 6.65. The van der Waals surface area contributed by atoms with E-state index in [0.717, 1.165) is 0 Å². The van der Waals surface area contributed by atoms with E-state index < -0.39 is 5.92 Å². The zero-order valence-corrected chi connectivity index (χ0v) is 6.65. The highest BCUT2D eigenvalue weighted by atomic mass is 16.2. The van der Waals surface area contributed by atoms with Crippen molar-refractivity contribution in [3.8, 4) is 6.07 Å². The van der Waals surface area contributed by atoms with Gasteiger partial charge in [0, 0.05) is 11.1 Å². The fourth-order valence-electron chi connectivity index (χ4n) is 1.46. The minimum Gasteiger partial charge on any atom is -0.292 e. The van der Waals surface area contributed by atoms with E-state index in [1.807, 2.05) is 0 Å². The van der Waals surface area contributed by atoms with Crippen molar-refractivity contribution < 1.29 is 9.59 Å². The number of carbonyl (C=O) groups is 2. The molecule has 3 heteroatoms. The van der Waals surface area contributed by atoms with Gasteiger partial charge in [-0.05, 0) is 0 Å². The molecule has 0 aliphatic heterocycles. The average Bonchev–Trinajstić information content (AvgIpc) is 2.41. The summed E-state index contributed by atoms with van der Waals surface area (Å²) >= 11 is 0. The summed E-state index contributed by atoms with van der Waals surface area (Å²) in [5.41, 5.74) is 0.748. The van der Waals surface area contributed by atoms with Crippen molar-refractivity contribution in [3.63, 3.8) is 0 Å². The lowest BCUT2D eigenvalue weighted by Gasteiger charge is -1.90. The van der Waals surface area contributed by atoms with Crippen molar-refractivity contribution in [1.82, 2.24) is 0 Å². The molecule has 0 unspecified atom stereocenters. The normalized spacial score (nSPS) is 15.6. The van der Waals surface area contributed by atoms with Gasteiger partial charge in [-0.2, -0.15) is 5.26 Å². The van der Waals surface area contributed by atoms with Crippen LogP contribution in [0.2, 0.25) is 0 Å². The first kappa shape index (κ1) is 7.69. The van der Waals surface area contributed by atoms with Gasteiger partial charge in [-0.25, -0.2) is 0 Å². The van der Waals surface area contributed by atoms with Gasteiger partial charge in [-0.15, -0.1) is 0 Å². The molecule has 62 valence electrons. The van der Waals surface area contributed by atoms with Crippen molar-refractivity contribution in [2.45, 2.75) is 0 Å². The number of hydrogen-bond acceptors (Lipinski definition) is 3. The summed E-state index contributed by atoms with van der Waals surface area (Å²) in [6.07, 6.45) is 0. The lowest BCUT2D eigenvalue weighted by Crippen LogP contribution is -2.11. The molecule has 0 saturated carbocycles. The van der Waals surface area contributed by atoms with E-state index in [2.05, 4.69) is 0 Å². The fourth-order valence-corrected chi connectivity index (χ4v) is 1.46. The Balaban J connectivity index is 2.65. The van der Waals surface area contributed by atoms with E-state index >= 15 is 0 Å². The SMILES string of the molecule is N#CC1C(=O)c2ccccc2C1=O. The first-order chi connectivity index (χ1) is 6.25. The number of hydrogen-bond donors (Lipinski definition) is 0. The lowest BCUT2D eigenvalue weighted by molar-refractivity contribution is 0.0876. The largest absolute Gasteiger partial charge is 0.292 e. The third kappa shape index (κ3) is 0.890. The summed E-state index contributed by atoms with van der Waals surface area (Å²) in [5, 5.41) is 8.59. The van der Waals surface area contributed by atoms with E-state index in [0.29, 0.717) is 11.1 Å². The molecular formula is C10H5NO2. The number of fused-ring (bicyclic) bond motifs is 1. The van der Waals surface area contributed by atoms with Crippen molar-refractivity contribution in [2.75, 3.05) is 0 Å². The van der Waals surface area contributed by atoms with Crippen LogP contribution in [0.15, 0.2) is 24.3 Å². The average molecular weight is 171 g/mol. The van der Waals surface area contributed by atoms with Crippen LogP contribution >= 0.6 is 0 Å². The zero-order chi connectivity index (χ0) is 9.42. The lowest BCUT2D eigenvalue weighted by atomic mass is 10.1. The van der Waals surface area contributed by atoms with Crippen LogP contribution in [0, 0.1) is 17.2 Å². The van der Waals surface area contributed by atoms with Crippen LogP contribution in [0.1, 0.15) is 20.7 Å². The summed E-state index contributed by atoms with van der Waals surface area (Å²) in [5.74, 6) is -1.86. The van der Waals surface area contributed by atoms with Gasteiger partial charge in [0.1, 0.15) is 0 Å². The van der Waals surface area contributed by atoms with Gasteiger partial charge < -0.3 is 0 Å². The van der Waals surface area contributed by atoms with Crippen molar-refractivity contribution in [2.24, 2.45) is 5.92 Å². The molecule has 0 heterocycles. The Kier molecular flexibility index (Phi) is 1.49. The highest BCUT2D eigenvalue weighted by Crippen LogP contribution is 2.25. The van der Waals surface area contributed by atoms with Gasteiger partial charge >= 0.3 is 0 Å². The van der Waals surface area contributed by atoms with Crippen LogP contribution in [0.5, 0.6) is 0 Å². The van der Waals surface area contributed by atoms with Crippen LogP contribution < -0.4 is 0 Å². The Bertz CT molecular complexity index is 407. The minimum absolute atomic E-state index is 0.372. The van der Waals surface area contributed by atoms with Gasteiger partial charge in [0.05, 0.1) is 6.07 Å². The highest BCUT2D eigenvalue weighted by molar-refractivity contribution is 6.27. The molecule has 0 radical (unpaired) electrons. The Labute approximate surface area is 74.6 Å². The van der Waals surface area contributed by atoms with Gasteiger partial charge in [-0.3, -0.25) is 9.59 Å². The number of benzene rings is 1. The molecule has 1 aromatic carbocycles. The van der Waals surface area contributed by atoms with E-state index in [1.165, 1.54) is 0 Å². The third-order valence-electron chi connectivity index (χ3n) is 2.11. The van der Waals surface area contributed by atoms with E-state index in [1.54, 1.807) is 30.3 Å². The predicted molar refractivity (Wildman–Crippen MR) is 44.2 cm³/mol. The van der Waals surface area contributed by atoms with Crippen molar-refractivity contribution >= 4 is 11.6 Å². The summed E-state index contributed by atoms with van der Waals surface area (Å²) in [4.78, 5) is 22.8. The molecule has 2 rings (SSSR count). The number of carbonyl (C=O) groups excluding carboxylic acids is 2. The molecule has 0 bridgehead atoms. The third-order valence-corrected chi connectivity index (χ3v) is 2.11. The maximum atomic E-state index is 11.4. The fraction of sp³-hybridized carbons (Fsp3) is 0.100. The number of ketones is 2. The van der Waals surface area contributed by atoms with Crippen LogP contribution in [-0.2, 0) is 0 Å². The second kappa shape index (κ2) is 2.53. The standard InChI is InChI=1S/C10H5NO2/c11-5-8-9(12)6-3-1-2-4-7(6)10(8)13/h1-4,8H. The van der Waals surface area contributed by atoms with E-state index in [4.69, 9.17) is 5.26 Å². The van der Waals surface area contributed by atoms with Crippen LogP contribution in [0.25, 0.3) is 0 Å². The summed E-state index contributed by atoms with van der Waals surface area (Å²) in [6.45, 7) is 0. The minimum atomic E-state index is -1.11. The second-order valence-electron chi connectivity index (χ2n) is 2.84. The van der Waals surface area contributed by atoms with Crippen LogP contribution in [-0.4, -0.2) is 11.6 Å². The Morgan fingerprint density at radius 2 is 1.54 bits per heavy atom. The number of Topliss-reactive ketones (excluding diaryl/α,β-unsaturated/α-hetero) is 2. The maximum absolute atomic E-state index is 11.4. The molecule has 1 aliphatic rings. The Morgan fingerprint density at radius 1 is 1.08 bits per heavy atom. The molecule has 0 aromatic heterocycles. The smallest absolute Gasteiger partial charge is 0.188 e.